The van der Waals surface area contributed by atoms with E-state index in [1.165, 1.54) is 18.2 Å². The molecule has 0 spiro atoms. The smallest absolute Gasteiger partial charge is 0.335 e. The Hall–Kier alpha value is -4.44. The van der Waals surface area contributed by atoms with E-state index in [4.69, 9.17) is 10.8 Å². The van der Waals surface area contributed by atoms with Gasteiger partial charge in [0.25, 0.3) is 5.91 Å². The lowest BCUT2D eigenvalue weighted by atomic mass is 9.59. The second-order valence-corrected chi connectivity index (χ2v) is 9.27. The molecule has 3 aliphatic rings. The van der Waals surface area contributed by atoms with Crippen LogP contribution in [-0.2, 0) is 20.8 Å². The van der Waals surface area contributed by atoms with Crippen LogP contribution < -0.4 is 5.73 Å². The van der Waals surface area contributed by atoms with Crippen LogP contribution >= 0.6 is 0 Å². The molecule has 3 unspecified atom stereocenters. The van der Waals surface area contributed by atoms with Gasteiger partial charge in [0.2, 0.25) is 5.78 Å². The van der Waals surface area contributed by atoms with E-state index >= 15 is 0 Å². The van der Waals surface area contributed by atoms with Crippen LogP contribution in [0, 0.1) is 11.8 Å². The van der Waals surface area contributed by atoms with Crippen LogP contribution in [0.3, 0.4) is 0 Å². The molecule has 0 aliphatic heterocycles. The Morgan fingerprint density at radius 3 is 2.25 bits per heavy atom. The number of phenolic OH excluding ortho intramolecular Hbond substituents is 1. The Labute approximate surface area is 203 Å². The molecule has 0 bridgehead atoms. The van der Waals surface area contributed by atoms with Gasteiger partial charge in [0, 0.05) is 17.9 Å². The lowest BCUT2D eigenvalue weighted by Gasteiger charge is -2.46. The van der Waals surface area contributed by atoms with Gasteiger partial charge in [-0.15, -0.1) is 0 Å². The monoisotopic (exact) mass is 491 g/mol. The van der Waals surface area contributed by atoms with Crippen LogP contribution in [0.25, 0.3) is 16.9 Å². The fourth-order valence-electron chi connectivity index (χ4n) is 5.68. The van der Waals surface area contributed by atoms with Crippen LogP contribution in [0.4, 0.5) is 0 Å². The number of benzene rings is 2. The number of carboxylic acid groups (broad SMARTS) is 1. The van der Waals surface area contributed by atoms with E-state index in [1.807, 2.05) is 0 Å². The van der Waals surface area contributed by atoms with Crippen LogP contribution in [0.15, 0.2) is 53.3 Å². The zero-order valence-electron chi connectivity index (χ0n) is 18.7. The molecule has 10 heteroatoms. The fraction of sp³-hybridized carbons (Fsp3) is 0.231. The Morgan fingerprint density at radius 1 is 0.972 bits per heavy atom. The summed E-state index contributed by atoms with van der Waals surface area (Å²) in [5.41, 5.74) is 3.28. The van der Waals surface area contributed by atoms with Crippen molar-refractivity contribution in [2.45, 2.75) is 24.9 Å². The predicted octanol–water partition coefficient (Wildman–Crippen LogP) is 1.79. The summed E-state index contributed by atoms with van der Waals surface area (Å²) in [5.74, 6) is -7.96. The minimum Gasteiger partial charge on any atom is -0.508 e. The number of Topliss-reactive ketones (excluding diaryl/α,β-unsaturated/α-hetero) is 2. The van der Waals surface area contributed by atoms with E-state index in [0.29, 0.717) is 16.7 Å². The zero-order valence-corrected chi connectivity index (χ0v) is 18.7. The number of fused-ring (bicyclic) bond motifs is 3. The third-order valence-corrected chi connectivity index (χ3v) is 7.39. The molecule has 3 aliphatic carbocycles. The molecular weight excluding hydrogens is 470 g/mol. The highest BCUT2D eigenvalue weighted by Gasteiger charge is 2.60. The largest absolute Gasteiger partial charge is 0.508 e. The zero-order chi connectivity index (χ0) is 26.1. The van der Waals surface area contributed by atoms with Gasteiger partial charge in [0.05, 0.1) is 11.1 Å². The van der Waals surface area contributed by atoms with Gasteiger partial charge < -0.3 is 31.3 Å². The lowest BCUT2D eigenvalue weighted by molar-refractivity contribution is -0.147. The third-order valence-electron chi connectivity index (χ3n) is 7.39. The third kappa shape index (κ3) is 3.07. The Kier molecular flexibility index (Phi) is 5.04. The summed E-state index contributed by atoms with van der Waals surface area (Å²) in [6, 6.07) is 8.95. The summed E-state index contributed by atoms with van der Waals surface area (Å²) in [6.45, 7) is 0. The molecule has 2 aromatic carbocycles. The maximum atomic E-state index is 13.5. The van der Waals surface area contributed by atoms with Gasteiger partial charge in [-0.2, -0.15) is 0 Å². The summed E-state index contributed by atoms with van der Waals surface area (Å²) in [6.07, 6.45) is -0.222. The number of aliphatic hydroxyl groups is 3. The molecule has 5 rings (SSSR count). The summed E-state index contributed by atoms with van der Waals surface area (Å²) in [7, 11) is 0. The Morgan fingerprint density at radius 2 is 1.64 bits per heavy atom. The number of rotatable bonds is 3. The molecule has 7 N–H and O–H groups in total. The van der Waals surface area contributed by atoms with Crippen LogP contribution in [0.2, 0.25) is 0 Å². The second-order valence-electron chi connectivity index (χ2n) is 9.27. The first-order valence-electron chi connectivity index (χ1n) is 11.1. The number of primary amides is 1. The maximum Gasteiger partial charge on any atom is 0.335 e. The van der Waals surface area contributed by atoms with E-state index in [0.717, 1.165) is 0 Å². The van der Waals surface area contributed by atoms with Crippen LogP contribution in [0.5, 0.6) is 5.75 Å². The topological polar surface area (TPSA) is 195 Å². The first kappa shape index (κ1) is 23.3. The second kappa shape index (κ2) is 7.79. The number of hydrogen-bond donors (Lipinski definition) is 6. The number of nitrogens with two attached hydrogens (primary N) is 1. The number of phenols is 1. The number of carbonyl (C=O) groups excluding carboxylic acids is 3. The molecule has 1 fully saturated rings. The number of carbonyl (C=O) groups is 4. The summed E-state index contributed by atoms with van der Waals surface area (Å²) in [4.78, 5) is 48.9. The van der Waals surface area contributed by atoms with Crippen molar-refractivity contribution in [2.75, 3.05) is 0 Å². The first-order chi connectivity index (χ1) is 17.0. The van der Waals surface area contributed by atoms with Crippen LogP contribution in [0.1, 0.15) is 34.3 Å². The molecule has 184 valence electrons. The molecule has 2 aromatic rings. The highest BCUT2D eigenvalue weighted by molar-refractivity contribution is 6.22. The molecule has 1 saturated carbocycles. The molecule has 10 nitrogen and oxygen atoms in total. The fourth-order valence-corrected chi connectivity index (χ4v) is 5.68. The SMILES string of the molecule is NC(=O)C1=C(O)C2(O)C(=O)C3=C(O)c4c(O)ccc(-c5ccc(C(=O)O)cc5)c4CC3CC2CC1=O. The minimum absolute atomic E-state index is 0.0238. The highest BCUT2D eigenvalue weighted by Crippen LogP contribution is 2.53. The van der Waals surface area contributed by atoms with E-state index in [1.54, 1.807) is 18.2 Å². The Balaban J connectivity index is 1.68. The van der Waals surface area contributed by atoms with E-state index in [9.17, 15) is 39.6 Å². The van der Waals surface area contributed by atoms with Gasteiger partial charge in [-0.1, -0.05) is 18.2 Å². The quantitative estimate of drug-likeness (QED) is 0.347. The molecule has 0 heterocycles. The molecular formula is C26H21NO9. The van der Waals surface area contributed by atoms with Crippen molar-refractivity contribution in [3.63, 3.8) is 0 Å². The normalized spacial score (nSPS) is 25.2. The first-order valence-corrected chi connectivity index (χ1v) is 11.1. The van der Waals surface area contributed by atoms with Crippen LogP contribution in [-0.4, -0.2) is 54.6 Å². The summed E-state index contributed by atoms with van der Waals surface area (Å²) >= 11 is 0. The van der Waals surface area contributed by atoms with Crippen molar-refractivity contribution in [1.82, 2.24) is 0 Å². The number of amides is 1. The van der Waals surface area contributed by atoms with Crippen molar-refractivity contribution in [3.05, 3.63) is 70.0 Å². The van der Waals surface area contributed by atoms with Crippen molar-refractivity contribution >= 4 is 29.2 Å². The van der Waals surface area contributed by atoms with Gasteiger partial charge in [-0.3, -0.25) is 14.4 Å². The molecule has 0 aromatic heterocycles. The average molecular weight is 491 g/mol. The number of aliphatic hydroxyl groups excluding tert-OH is 2. The molecule has 0 saturated heterocycles. The van der Waals surface area contributed by atoms with Crippen molar-refractivity contribution < 1.29 is 44.7 Å². The van der Waals surface area contributed by atoms with Gasteiger partial charge in [-0.25, -0.2) is 4.79 Å². The number of aromatic carboxylic acids is 1. The molecule has 1 amide bonds. The van der Waals surface area contributed by atoms with Gasteiger partial charge >= 0.3 is 5.97 Å². The van der Waals surface area contributed by atoms with Crippen molar-refractivity contribution in [2.24, 2.45) is 17.6 Å². The molecule has 36 heavy (non-hydrogen) atoms. The summed E-state index contributed by atoms with van der Waals surface area (Å²) in [5, 5.41) is 52.8. The molecule has 0 radical (unpaired) electrons. The van der Waals surface area contributed by atoms with E-state index in [2.05, 4.69) is 0 Å². The van der Waals surface area contributed by atoms with Crippen molar-refractivity contribution in [1.29, 1.82) is 0 Å². The minimum atomic E-state index is -2.62. The van der Waals surface area contributed by atoms with E-state index < -0.39 is 64.4 Å². The number of carboxylic acids is 1. The lowest BCUT2D eigenvalue weighted by Crippen LogP contribution is -2.58. The average Bonchev–Trinajstić information content (AvgIpc) is 2.81. The highest BCUT2D eigenvalue weighted by atomic mass is 16.4. The standard InChI is InChI=1S/C26H21NO9/c27-24(33)20-17(29)9-13-7-12-8-15-14(10-1-3-11(4-2-10)25(34)35)5-6-16(28)19(15)21(30)18(12)22(31)26(13,36)23(20)32/h1-6,12-13,28,30,32,36H,7-9H2,(H2,27,33)(H,34,35). The van der Waals surface area contributed by atoms with E-state index in [-0.39, 0.29) is 35.3 Å². The van der Waals surface area contributed by atoms with Crippen molar-refractivity contribution in [3.8, 4) is 16.9 Å². The Bertz CT molecular complexity index is 1450. The van der Waals surface area contributed by atoms with Gasteiger partial charge in [0.15, 0.2) is 11.4 Å². The number of hydrogen-bond acceptors (Lipinski definition) is 8. The predicted molar refractivity (Wildman–Crippen MR) is 124 cm³/mol. The summed E-state index contributed by atoms with van der Waals surface area (Å²) < 4.78 is 0. The number of aromatic hydroxyl groups is 1. The molecule has 3 atom stereocenters. The number of ketones is 2. The van der Waals surface area contributed by atoms with Gasteiger partial charge in [0.1, 0.15) is 22.8 Å². The van der Waals surface area contributed by atoms with Gasteiger partial charge in [-0.05, 0) is 53.6 Å². The maximum absolute atomic E-state index is 13.5.